The van der Waals surface area contributed by atoms with Gasteiger partial charge in [-0.2, -0.15) is 0 Å². The molecule has 0 bridgehead atoms. The molecule has 3 N–H and O–H groups in total. The quantitative estimate of drug-likeness (QED) is 0.783. The zero-order valence-corrected chi connectivity index (χ0v) is 14.4. The summed E-state index contributed by atoms with van der Waals surface area (Å²) in [4.78, 5) is 12.7. The first-order chi connectivity index (χ1) is 9.04. The first kappa shape index (κ1) is 17.4. The average molecular weight is 298 g/mol. The van der Waals surface area contributed by atoms with Crippen LogP contribution in [0.2, 0.25) is 0 Å². The molecule has 0 radical (unpaired) electrons. The maximum atomic E-state index is 12.2. The Morgan fingerprint density at radius 2 is 1.65 bits per heavy atom. The Hall–Kier alpha value is -0.640. The van der Waals surface area contributed by atoms with Crippen LogP contribution in [0.1, 0.15) is 60.3 Å². The van der Waals surface area contributed by atoms with E-state index in [4.69, 9.17) is 18.0 Å². The normalized spacial score (nSPS) is 24.2. The van der Waals surface area contributed by atoms with Crippen molar-refractivity contribution >= 4 is 23.1 Å². The fourth-order valence-electron chi connectivity index (χ4n) is 2.76. The van der Waals surface area contributed by atoms with Gasteiger partial charge in [-0.3, -0.25) is 4.79 Å². The molecule has 1 rings (SSSR count). The number of carbonyl (C=O) groups is 1. The van der Waals surface area contributed by atoms with Gasteiger partial charge in [-0.1, -0.05) is 46.8 Å². The van der Waals surface area contributed by atoms with Gasteiger partial charge in [0.2, 0.25) is 5.91 Å². The van der Waals surface area contributed by atoms with Crippen LogP contribution in [0.15, 0.2) is 0 Å². The third-order valence-electron chi connectivity index (χ3n) is 4.69. The summed E-state index contributed by atoms with van der Waals surface area (Å²) in [5, 5.41) is 3.02. The summed E-state index contributed by atoms with van der Waals surface area (Å²) in [5.74, 6) is 1.07. The largest absolute Gasteiger partial charge is 0.393 e. The molecule has 0 saturated heterocycles. The fraction of sp³-hybridized carbons (Fsp3) is 0.875. The van der Waals surface area contributed by atoms with Crippen LogP contribution in [-0.2, 0) is 4.79 Å². The zero-order valence-electron chi connectivity index (χ0n) is 13.6. The molecule has 4 heteroatoms. The van der Waals surface area contributed by atoms with E-state index in [1.54, 1.807) is 0 Å². The average Bonchev–Trinajstić information content (AvgIpc) is 2.35. The molecule has 0 heterocycles. The van der Waals surface area contributed by atoms with E-state index >= 15 is 0 Å². The Morgan fingerprint density at radius 1 is 1.15 bits per heavy atom. The van der Waals surface area contributed by atoms with Crippen molar-refractivity contribution in [3.63, 3.8) is 0 Å². The SMILES string of the molecule is CC(C)(CNC(=O)C1CCC(C(C)(C)C)CC1)C(N)=S. The summed E-state index contributed by atoms with van der Waals surface area (Å²) in [6.45, 7) is 11.3. The molecule has 20 heavy (non-hydrogen) atoms. The second kappa shape index (κ2) is 6.42. The molecule has 1 aliphatic rings. The van der Waals surface area contributed by atoms with Crippen LogP contribution in [0.25, 0.3) is 0 Å². The van der Waals surface area contributed by atoms with Crippen molar-refractivity contribution < 1.29 is 4.79 Å². The van der Waals surface area contributed by atoms with Gasteiger partial charge in [-0.05, 0) is 37.0 Å². The van der Waals surface area contributed by atoms with E-state index < -0.39 is 0 Å². The van der Waals surface area contributed by atoms with Crippen LogP contribution in [-0.4, -0.2) is 17.4 Å². The summed E-state index contributed by atoms with van der Waals surface area (Å²) in [6, 6.07) is 0. The molecule has 1 aliphatic carbocycles. The van der Waals surface area contributed by atoms with E-state index in [2.05, 4.69) is 26.1 Å². The maximum absolute atomic E-state index is 12.2. The van der Waals surface area contributed by atoms with Gasteiger partial charge in [0.15, 0.2) is 0 Å². The van der Waals surface area contributed by atoms with E-state index in [0.717, 1.165) is 31.6 Å². The Balaban J connectivity index is 2.42. The molecule has 0 aliphatic heterocycles. The van der Waals surface area contributed by atoms with Gasteiger partial charge < -0.3 is 11.1 Å². The van der Waals surface area contributed by atoms with Crippen LogP contribution < -0.4 is 11.1 Å². The monoisotopic (exact) mass is 298 g/mol. The highest BCUT2D eigenvalue weighted by molar-refractivity contribution is 7.80. The van der Waals surface area contributed by atoms with Crippen LogP contribution in [0, 0.1) is 22.7 Å². The molecular formula is C16H30N2OS. The third-order valence-corrected chi connectivity index (χ3v) is 5.25. The minimum atomic E-state index is -0.312. The molecular weight excluding hydrogens is 268 g/mol. The molecule has 0 aromatic rings. The number of rotatable bonds is 4. The summed E-state index contributed by atoms with van der Waals surface area (Å²) >= 11 is 5.02. The van der Waals surface area contributed by atoms with Crippen molar-refractivity contribution in [2.24, 2.45) is 28.4 Å². The molecule has 1 saturated carbocycles. The van der Waals surface area contributed by atoms with E-state index in [1.165, 1.54) is 0 Å². The molecule has 0 unspecified atom stereocenters. The zero-order chi connectivity index (χ0) is 15.6. The summed E-state index contributed by atoms with van der Waals surface area (Å²) in [6.07, 6.45) is 4.31. The molecule has 116 valence electrons. The Morgan fingerprint density at radius 3 is 2.05 bits per heavy atom. The topological polar surface area (TPSA) is 55.1 Å². The number of thiocarbonyl (C=S) groups is 1. The fourth-order valence-corrected chi connectivity index (χ4v) is 2.83. The predicted octanol–water partition coefficient (Wildman–Crippen LogP) is 3.27. The first-order valence-corrected chi connectivity index (χ1v) is 8.02. The summed E-state index contributed by atoms with van der Waals surface area (Å²) < 4.78 is 0. The standard InChI is InChI=1S/C16H30N2OS/c1-15(2,3)12-8-6-11(7-9-12)13(19)18-10-16(4,5)14(17)20/h11-12H,6-10H2,1-5H3,(H2,17,20)(H,18,19). The minimum Gasteiger partial charge on any atom is -0.393 e. The van der Waals surface area contributed by atoms with Crippen LogP contribution in [0.5, 0.6) is 0 Å². The number of amides is 1. The van der Waals surface area contributed by atoms with Crippen LogP contribution in [0.3, 0.4) is 0 Å². The highest BCUT2D eigenvalue weighted by Gasteiger charge is 2.33. The Kier molecular flexibility index (Phi) is 5.59. The van der Waals surface area contributed by atoms with Gasteiger partial charge in [0, 0.05) is 17.9 Å². The van der Waals surface area contributed by atoms with Crippen LogP contribution >= 0.6 is 12.2 Å². The van der Waals surface area contributed by atoms with Crippen molar-refractivity contribution in [3.8, 4) is 0 Å². The molecule has 3 nitrogen and oxygen atoms in total. The van der Waals surface area contributed by atoms with E-state index in [9.17, 15) is 4.79 Å². The molecule has 0 atom stereocenters. The van der Waals surface area contributed by atoms with Crippen molar-refractivity contribution in [2.75, 3.05) is 6.54 Å². The number of hydrogen-bond donors (Lipinski definition) is 2. The summed E-state index contributed by atoms with van der Waals surface area (Å²) in [5.41, 5.74) is 5.73. The van der Waals surface area contributed by atoms with Gasteiger partial charge in [-0.15, -0.1) is 0 Å². The van der Waals surface area contributed by atoms with Crippen molar-refractivity contribution in [3.05, 3.63) is 0 Å². The lowest BCUT2D eigenvalue weighted by Crippen LogP contribution is -2.44. The Labute approximate surface area is 129 Å². The minimum absolute atomic E-state index is 0.163. The highest BCUT2D eigenvalue weighted by atomic mass is 32.1. The van der Waals surface area contributed by atoms with Gasteiger partial charge in [0.25, 0.3) is 0 Å². The smallest absolute Gasteiger partial charge is 0.223 e. The Bertz CT molecular complexity index is 363. The van der Waals surface area contributed by atoms with Crippen molar-refractivity contribution in [1.82, 2.24) is 5.32 Å². The number of nitrogens with one attached hydrogen (secondary N) is 1. The van der Waals surface area contributed by atoms with Crippen molar-refractivity contribution in [1.29, 1.82) is 0 Å². The highest BCUT2D eigenvalue weighted by Crippen LogP contribution is 2.39. The second-order valence-electron chi connectivity index (χ2n) is 7.88. The molecule has 0 aromatic carbocycles. The van der Waals surface area contributed by atoms with E-state index in [1.807, 2.05) is 13.8 Å². The maximum Gasteiger partial charge on any atom is 0.223 e. The molecule has 0 aromatic heterocycles. The van der Waals surface area contributed by atoms with Gasteiger partial charge in [-0.25, -0.2) is 0 Å². The van der Waals surface area contributed by atoms with Gasteiger partial charge >= 0.3 is 0 Å². The lowest BCUT2D eigenvalue weighted by molar-refractivity contribution is -0.126. The predicted molar refractivity (Wildman–Crippen MR) is 88.5 cm³/mol. The van der Waals surface area contributed by atoms with E-state index in [-0.39, 0.29) is 17.2 Å². The third kappa shape index (κ3) is 4.72. The lowest BCUT2D eigenvalue weighted by Gasteiger charge is -2.36. The number of nitrogens with two attached hydrogens (primary N) is 1. The number of hydrogen-bond acceptors (Lipinski definition) is 2. The first-order valence-electron chi connectivity index (χ1n) is 7.61. The molecule has 1 fully saturated rings. The lowest BCUT2D eigenvalue weighted by atomic mass is 9.69. The van der Waals surface area contributed by atoms with Crippen LogP contribution in [0.4, 0.5) is 0 Å². The number of carbonyl (C=O) groups excluding carboxylic acids is 1. The molecule has 1 amide bonds. The van der Waals surface area contributed by atoms with E-state index in [0.29, 0.717) is 16.9 Å². The van der Waals surface area contributed by atoms with Crippen molar-refractivity contribution in [2.45, 2.75) is 60.3 Å². The van der Waals surface area contributed by atoms with Gasteiger partial charge in [0.05, 0.1) is 4.99 Å². The molecule has 0 spiro atoms. The summed E-state index contributed by atoms with van der Waals surface area (Å²) in [7, 11) is 0. The second-order valence-corrected chi connectivity index (χ2v) is 8.32. The van der Waals surface area contributed by atoms with Gasteiger partial charge in [0.1, 0.15) is 0 Å².